The number of nitrogens with zero attached hydrogens (tertiary/aromatic N) is 5. The highest BCUT2D eigenvalue weighted by molar-refractivity contribution is 5.87. The van der Waals surface area contributed by atoms with Crippen LogP contribution in [0.4, 0.5) is 26.1 Å². The van der Waals surface area contributed by atoms with E-state index in [0.29, 0.717) is 29.1 Å². The smallest absolute Gasteiger partial charge is 0.255 e. The quantitative estimate of drug-likeness (QED) is 0.392. The molecule has 4 heterocycles. The van der Waals surface area contributed by atoms with Crippen LogP contribution >= 0.6 is 0 Å². The summed E-state index contributed by atoms with van der Waals surface area (Å²) in [6.07, 6.45) is 1.29. The highest BCUT2D eigenvalue weighted by Crippen LogP contribution is 2.36. The highest BCUT2D eigenvalue weighted by Gasteiger charge is 2.30. The number of methoxy groups -OCH3 is 1. The Morgan fingerprint density at radius 2 is 2.06 bits per heavy atom. The van der Waals surface area contributed by atoms with Crippen molar-refractivity contribution in [1.29, 1.82) is 5.53 Å². The summed E-state index contributed by atoms with van der Waals surface area (Å²) in [4.78, 5) is 7.09. The summed E-state index contributed by atoms with van der Waals surface area (Å²) in [6.45, 7) is 3.16. The minimum absolute atomic E-state index is 0.272. The summed E-state index contributed by atoms with van der Waals surface area (Å²) in [5.74, 6) is 0.896. The fourth-order valence-electron chi connectivity index (χ4n) is 4.58. The van der Waals surface area contributed by atoms with Crippen LogP contribution in [-0.4, -0.2) is 78.0 Å². The van der Waals surface area contributed by atoms with Gasteiger partial charge in [-0.05, 0) is 36.6 Å². The van der Waals surface area contributed by atoms with Crippen molar-refractivity contribution in [2.75, 3.05) is 50.6 Å². The minimum atomic E-state index is -2.52. The summed E-state index contributed by atoms with van der Waals surface area (Å²) in [7, 11) is 1.56. The molecule has 1 aromatic carbocycles. The molecule has 2 aliphatic heterocycles. The maximum Gasteiger partial charge on any atom is 0.255 e. The molecule has 0 amide bonds. The molecular weight excluding hydrogens is 458 g/mol. The number of benzene rings is 1. The summed E-state index contributed by atoms with van der Waals surface area (Å²) in [5.41, 5.74) is 10.1. The van der Waals surface area contributed by atoms with Gasteiger partial charge in [-0.2, -0.15) is 10.1 Å². The summed E-state index contributed by atoms with van der Waals surface area (Å²) in [6, 6.07) is 7.79. The van der Waals surface area contributed by atoms with Crippen molar-refractivity contribution in [2.45, 2.75) is 31.4 Å². The number of rotatable bonds is 9. The van der Waals surface area contributed by atoms with Crippen molar-refractivity contribution in [3.05, 3.63) is 30.5 Å². The first-order valence-electron chi connectivity index (χ1n) is 11.6. The molecule has 0 atom stereocenters. The summed E-state index contributed by atoms with van der Waals surface area (Å²) >= 11 is 0. The van der Waals surface area contributed by atoms with Gasteiger partial charge < -0.3 is 20.1 Å². The molecule has 0 bridgehead atoms. The number of aromatic nitrogens is 3. The van der Waals surface area contributed by atoms with Gasteiger partial charge in [0.15, 0.2) is 0 Å². The second-order valence-electron chi connectivity index (χ2n) is 8.73. The predicted octanol–water partition coefficient (Wildman–Crippen LogP) is 4.02. The third-order valence-electron chi connectivity index (χ3n) is 6.55. The number of halogens is 2. The molecule has 0 aliphatic carbocycles. The van der Waals surface area contributed by atoms with E-state index >= 15 is 0 Å². The second-order valence-corrected chi connectivity index (χ2v) is 8.73. The van der Waals surface area contributed by atoms with Gasteiger partial charge in [0.1, 0.15) is 11.2 Å². The lowest BCUT2D eigenvalue weighted by Crippen LogP contribution is -2.53. The lowest BCUT2D eigenvalue weighted by molar-refractivity contribution is -0.0705. The van der Waals surface area contributed by atoms with Crippen molar-refractivity contribution in [3.8, 4) is 17.0 Å². The Labute approximate surface area is 201 Å². The maximum absolute atomic E-state index is 12.7. The van der Waals surface area contributed by atoms with E-state index in [2.05, 4.69) is 30.7 Å². The predicted molar refractivity (Wildman–Crippen MR) is 127 cm³/mol. The first kappa shape index (κ1) is 23.4. The van der Waals surface area contributed by atoms with Crippen molar-refractivity contribution >= 4 is 22.8 Å². The number of hydrogen-bond acceptors (Lipinski definition) is 9. The zero-order chi connectivity index (χ0) is 24.4. The average molecular weight is 487 g/mol. The molecule has 2 fully saturated rings. The van der Waals surface area contributed by atoms with Crippen LogP contribution in [-0.2, 0) is 4.74 Å². The molecular formula is C23H28F2N8O2. The topological polar surface area (TPSA) is 112 Å². The van der Waals surface area contributed by atoms with E-state index < -0.39 is 13.0 Å². The van der Waals surface area contributed by atoms with Gasteiger partial charge in [-0.25, -0.2) is 18.8 Å². The molecule has 0 unspecified atom stereocenters. The van der Waals surface area contributed by atoms with Crippen LogP contribution in [0, 0.1) is 5.53 Å². The molecule has 186 valence electrons. The molecule has 3 aromatic rings. The van der Waals surface area contributed by atoms with Crippen LogP contribution in [0.2, 0.25) is 0 Å². The molecule has 12 heteroatoms. The first-order chi connectivity index (χ1) is 17.1. The fraction of sp³-hybridized carbons (Fsp3) is 0.478. The third kappa shape index (κ3) is 4.89. The van der Waals surface area contributed by atoms with E-state index in [0.717, 1.165) is 50.3 Å². The van der Waals surface area contributed by atoms with E-state index in [4.69, 9.17) is 15.0 Å². The van der Waals surface area contributed by atoms with Gasteiger partial charge in [-0.15, -0.1) is 5.10 Å². The summed E-state index contributed by atoms with van der Waals surface area (Å²) in [5, 5.41) is 14.2. The number of fused-ring (bicyclic) bond motifs is 1. The average Bonchev–Trinajstić information content (AvgIpc) is 3.26. The van der Waals surface area contributed by atoms with Gasteiger partial charge in [-0.1, -0.05) is 6.07 Å². The number of piperidine rings is 1. The van der Waals surface area contributed by atoms with Crippen LogP contribution in [0.25, 0.3) is 16.6 Å². The van der Waals surface area contributed by atoms with Crippen molar-refractivity contribution in [1.82, 2.24) is 19.5 Å². The van der Waals surface area contributed by atoms with Crippen LogP contribution in [0.5, 0.6) is 5.88 Å². The minimum Gasteiger partial charge on any atom is -0.479 e. The van der Waals surface area contributed by atoms with Crippen LogP contribution < -0.4 is 15.4 Å². The van der Waals surface area contributed by atoms with Crippen LogP contribution in [0.3, 0.4) is 0 Å². The van der Waals surface area contributed by atoms with Gasteiger partial charge in [0.2, 0.25) is 11.8 Å². The molecule has 2 saturated heterocycles. The normalized spacial score (nSPS) is 17.5. The molecule has 10 nitrogen and oxygen atoms in total. The van der Waals surface area contributed by atoms with Gasteiger partial charge in [-0.3, -0.25) is 4.90 Å². The number of likely N-dealkylation sites (tertiary alicyclic amines) is 1. The van der Waals surface area contributed by atoms with Crippen molar-refractivity contribution in [2.24, 2.45) is 5.11 Å². The first-order valence-corrected chi connectivity index (χ1v) is 11.6. The van der Waals surface area contributed by atoms with Crippen molar-refractivity contribution in [3.63, 3.8) is 0 Å². The van der Waals surface area contributed by atoms with E-state index in [9.17, 15) is 8.78 Å². The van der Waals surface area contributed by atoms with Crippen LogP contribution in [0.1, 0.15) is 12.8 Å². The van der Waals surface area contributed by atoms with E-state index in [1.165, 1.54) is 0 Å². The Kier molecular flexibility index (Phi) is 6.73. The Bertz CT molecular complexity index is 1190. The molecule has 5 rings (SSSR count). The molecule has 2 aromatic heterocycles. The van der Waals surface area contributed by atoms with Gasteiger partial charge in [0, 0.05) is 30.9 Å². The SMILES string of the molecule is COc1nc(NC2CCN(C3COC3)CC2)nn2ccc(-c3ccc(N=N)c(NCC(F)F)c3)c12. The Morgan fingerprint density at radius 1 is 1.26 bits per heavy atom. The number of anilines is 2. The zero-order valence-electron chi connectivity index (χ0n) is 19.4. The molecule has 3 N–H and O–H groups in total. The fourth-order valence-corrected chi connectivity index (χ4v) is 4.58. The molecule has 0 saturated carbocycles. The Morgan fingerprint density at radius 3 is 2.71 bits per heavy atom. The largest absolute Gasteiger partial charge is 0.479 e. The lowest BCUT2D eigenvalue weighted by Gasteiger charge is -2.41. The Balaban J connectivity index is 1.38. The van der Waals surface area contributed by atoms with Gasteiger partial charge in [0.25, 0.3) is 6.43 Å². The third-order valence-corrected chi connectivity index (χ3v) is 6.55. The van der Waals surface area contributed by atoms with Gasteiger partial charge in [0.05, 0.1) is 38.6 Å². The molecule has 2 aliphatic rings. The second kappa shape index (κ2) is 10.1. The standard InChI is InChI=1S/C23H28F2N8O2/c1-34-22-21-17(14-2-3-18(30-26)19(10-14)27-11-20(24)25)6-9-33(21)31-23(29-22)28-15-4-7-32(8-5-15)16-12-35-13-16/h2-3,6,9-10,15-16,20,26-27H,4-5,7-8,11-13H2,1H3,(H,28,31). The molecule has 35 heavy (non-hydrogen) atoms. The maximum atomic E-state index is 12.7. The zero-order valence-corrected chi connectivity index (χ0v) is 19.4. The van der Waals surface area contributed by atoms with E-state index in [1.807, 2.05) is 12.3 Å². The van der Waals surface area contributed by atoms with E-state index in [1.54, 1.807) is 29.8 Å². The monoisotopic (exact) mass is 486 g/mol. The number of nitrogens with one attached hydrogen (secondary N) is 3. The highest BCUT2D eigenvalue weighted by atomic mass is 19.3. The number of ether oxygens (including phenoxy) is 2. The number of alkyl halides is 2. The van der Waals surface area contributed by atoms with Crippen molar-refractivity contribution < 1.29 is 18.3 Å². The van der Waals surface area contributed by atoms with Crippen LogP contribution in [0.15, 0.2) is 35.6 Å². The summed E-state index contributed by atoms with van der Waals surface area (Å²) < 4.78 is 38.1. The molecule has 0 radical (unpaired) electrons. The Hall–Kier alpha value is -3.38. The number of hydrogen-bond donors (Lipinski definition) is 3. The van der Waals surface area contributed by atoms with E-state index in [-0.39, 0.29) is 11.7 Å². The molecule has 0 spiro atoms. The van der Waals surface area contributed by atoms with Gasteiger partial charge >= 0.3 is 0 Å². The lowest BCUT2D eigenvalue weighted by atomic mass is 10.0.